The molecule has 0 bridgehead atoms. The average Bonchev–Trinajstić information content (AvgIpc) is 3.55. The summed E-state index contributed by atoms with van der Waals surface area (Å²) in [6, 6.07) is 18.1. The van der Waals surface area contributed by atoms with Crippen LogP contribution in [0.1, 0.15) is 61.6 Å². The smallest absolute Gasteiger partial charge is 0.314 e. The zero-order chi connectivity index (χ0) is 20.6. The molecule has 0 radical (unpaired) electrons. The molecule has 1 saturated heterocycles. The number of hydrogen-bond acceptors (Lipinski definition) is 2. The Bertz CT molecular complexity index is 880. The quantitative estimate of drug-likeness (QED) is 0.813. The van der Waals surface area contributed by atoms with Gasteiger partial charge in [0, 0.05) is 19.0 Å². The zero-order valence-electron chi connectivity index (χ0n) is 17.2. The van der Waals surface area contributed by atoms with E-state index in [4.69, 9.17) is 0 Å². The molecule has 4 nitrogen and oxygen atoms in total. The summed E-state index contributed by atoms with van der Waals surface area (Å²) in [5.41, 5.74) is 2.52. The maximum absolute atomic E-state index is 13.0. The van der Waals surface area contributed by atoms with Gasteiger partial charge < -0.3 is 10.0 Å². The Kier molecular flexibility index (Phi) is 5.20. The van der Waals surface area contributed by atoms with Crippen LogP contribution in [0, 0.1) is 5.92 Å². The molecule has 1 aliphatic heterocycles. The number of aliphatic carboxylic acids is 1. The van der Waals surface area contributed by atoms with Crippen LogP contribution in [0.2, 0.25) is 0 Å². The lowest BCUT2D eigenvalue weighted by Gasteiger charge is -2.39. The Morgan fingerprint density at radius 2 is 1.62 bits per heavy atom. The summed E-state index contributed by atoms with van der Waals surface area (Å²) < 4.78 is 0. The molecule has 2 aliphatic rings. The zero-order valence-corrected chi connectivity index (χ0v) is 17.2. The van der Waals surface area contributed by atoms with Gasteiger partial charge in [-0.05, 0) is 47.8 Å². The number of nitrogens with zero attached hydrogens (tertiary/aromatic N) is 1. The van der Waals surface area contributed by atoms with E-state index in [1.165, 1.54) is 11.1 Å². The lowest BCUT2D eigenvalue weighted by Crippen LogP contribution is -2.49. The van der Waals surface area contributed by atoms with Crippen LogP contribution in [-0.4, -0.2) is 35.0 Å². The number of benzene rings is 2. The molecule has 1 aliphatic carbocycles. The second kappa shape index (κ2) is 7.66. The highest BCUT2D eigenvalue weighted by Crippen LogP contribution is 2.49. The van der Waals surface area contributed by atoms with Crippen LogP contribution >= 0.6 is 0 Å². The molecule has 2 atom stereocenters. The van der Waals surface area contributed by atoms with E-state index in [1.807, 2.05) is 35.2 Å². The Balaban J connectivity index is 1.40. The molecule has 0 spiro atoms. The van der Waals surface area contributed by atoms with Crippen molar-refractivity contribution in [2.75, 3.05) is 13.1 Å². The van der Waals surface area contributed by atoms with E-state index in [9.17, 15) is 14.7 Å². The fourth-order valence-corrected chi connectivity index (χ4v) is 4.69. The summed E-state index contributed by atoms with van der Waals surface area (Å²) in [5.74, 6) is 0.270. The van der Waals surface area contributed by atoms with Crippen molar-refractivity contribution in [3.05, 3.63) is 71.3 Å². The Morgan fingerprint density at radius 1 is 1.00 bits per heavy atom. The predicted octanol–water partition coefficient (Wildman–Crippen LogP) is 4.56. The molecule has 29 heavy (non-hydrogen) atoms. The molecule has 1 heterocycles. The molecule has 1 amide bonds. The minimum absolute atomic E-state index is 0.0500. The van der Waals surface area contributed by atoms with E-state index in [-0.39, 0.29) is 11.8 Å². The Hall–Kier alpha value is -2.62. The predicted molar refractivity (Wildman–Crippen MR) is 113 cm³/mol. The first kappa shape index (κ1) is 19.7. The van der Waals surface area contributed by atoms with Gasteiger partial charge in [0.1, 0.15) is 0 Å². The van der Waals surface area contributed by atoms with Crippen LogP contribution in [0.5, 0.6) is 0 Å². The van der Waals surface area contributed by atoms with Crippen molar-refractivity contribution < 1.29 is 14.7 Å². The van der Waals surface area contributed by atoms with Crippen molar-refractivity contribution >= 4 is 11.9 Å². The molecular formula is C25H29NO3. The molecule has 2 unspecified atom stereocenters. The standard InChI is InChI=1S/C25H29NO3/c1-17(2)18-8-10-19(11-9-18)21-16-22(21)23(27)26-14-12-25(13-15-26,24(28)29)20-6-4-3-5-7-20/h3-11,17,21-22H,12-16H2,1-2H3,(H,28,29). The highest BCUT2D eigenvalue weighted by molar-refractivity contribution is 5.85. The second-order valence-corrected chi connectivity index (χ2v) is 8.85. The maximum atomic E-state index is 13.0. The minimum Gasteiger partial charge on any atom is -0.481 e. The van der Waals surface area contributed by atoms with Gasteiger partial charge in [-0.15, -0.1) is 0 Å². The summed E-state index contributed by atoms with van der Waals surface area (Å²) >= 11 is 0. The molecule has 4 rings (SSSR count). The summed E-state index contributed by atoms with van der Waals surface area (Å²) in [4.78, 5) is 27.0. The maximum Gasteiger partial charge on any atom is 0.314 e. The number of hydrogen-bond donors (Lipinski definition) is 1. The van der Waals surface area contributed by atoms with Gasteiger partial charge in [0.25, 0.3) is 0 Å². The molecule has 1 saturated carbocycles. The number of likely N-dealkylation sites (tertiary alicyclic amines) is 1. The van der Waals surface area contributed by atoms with Gasteiger partial charge in [-0.1, -0.05) is 68.4 Å². The van der Waals surface area contributed by atoms with E-state index in [0.29, 0.717) is 37.8 Å². The lowest BCUT2D eigenvalue weighted by molar-refractivity contribution is -0.148. The summed E-state index contributed by atoms with van der Waals surface area (Å²) in [5, 5.41) is 9.94. The lowest BCUT2D eigenvalue weighted by atomic mass is 9.73. The number of carboxylic acids is 1. The third kappa shape index (κ3) is 3.68. The number of amides is 1. The average molecular weight is 392 g/mol. The van der Waals surface area contributed by atoms with Gasteiger partial charge in [-0.25, -0.2) is 0 Å². The number of piperidine rings is 1. The molecular weight excluding hydrogens is 362 g/mol. The van der Waals surface area contributed by atoms with Crippen molar-refractivity contribution in [1.29, 1.82) is 0 Å². The molecule has 0 aromatic heterocycles. The van der Waals surface area contributed by atoms with Crippen LogP contribution in [0.15, 0.2) is 54.6 Å². The molecule has 2 aromatic carbocycles. The van der Waals surface area contributed by atoms with E-state index < -0.39 is 11.4 Å². The van der Waals surface area contributed by atoms with Crippen molar-refractivity contribution in [2.24, 2.45) is 5.92 Å². The van der Waals surface area contributed by atoms with Gasteiger partial charge in [-0.2, -0.15) is 0 Å². The number of carboxylic acid groups (broad SMARTS) is 1. The number of rotatable bonds is 5. The van der Waals surface area contributed by atoms with Crippen molar-refractivity contribution in [3.8, 4) is 0 Å². The number of carbonyl (C=O) groups excluding carboxylic acids is 1. The van der Waals surface area contributed by atoms with E-state index in [1.54, 1.807) is 0 Å². The topological polar surface area (TPSA) is 57.6 Å². The molecule has 2 aromatic rings. The normalized spacial score (nSPS) is 23.1. The van der Waals surface area contributed by atoms with Crippen molar-refractivity contribution in [1.82, 2.24) is 4.90 Å². The highest BCUT2D eigenvalue weighted by atomic mass is 16.4. The van der Waals surface area contributed by atoms with E-state index in [2.05, 4.69) is 38.1 Å². The van der Waals surface area contributed by atoms with Crippen LogP contribution in [0.4, 0.5) is 0 Å². The van der Waals surface area contributed by atoms with Crippen LogP contribution in [-0.2, 0) is 15.0 Å². The fraction of sp³-hybridized carbons (Fsp3) is 0.440. The molecule has 2 fully saturated rings. The Labute approximate surface area is 172 Å². The first-order valence-electron chi connectivity index (χ1n) is 10.6. The number of carbonyl (C=O) groups is 2. The second-order valence-electron chi connectivity index (χ2n) is 8.85. The third-order valence-corrected chi connectivity index (χ3v) is 6.80. The molecule has 1 N–H and O–H groups in total. The van der Waals surface area contributed by atoms with Gasteiger partial charge >= 0.3 is 5.97 Å². The van der Waals surface area contributed by atoms with Gasteiger partial charge in [0.05, 0.1) is 5.41 Å². The summed E-state index contributed by atoms with van der Waals surface area (Å²) in [6.45, 7) is 5.38. The largest absolute Gasteiger partial charge is 0.481 e. The van der Waals surface area contributed by atoms with Crippen LogP contribution in [0.25, 0.3) is 0 Å². The third-order valence-electron chi connectivity index (χ3n) is 6.80. The van der Waals surface area contributed by atoms with Gasteiger partial charge in [-0.3, -0.25) is 9.59 Å². The molecule has 152 valence electrons. The van der Waals surface area contributed by atoms with Crippen molar-refractivity contribution in [3.63, 3.8) is 0 Å². The van der Waals surface area contributed by atoms with Gasteiger partial charge in [0.2, 0.25) is 5.91 Å². The fourth-order valence-electron chi connectivity index (χ4n) is 4.69. The SMILES string of the molecule is CC(C)c1ccc(C2CC2C(=O)N2CCC(C(=O)O)(c3ccccc3)CC2)cc1. The van der Waals surface area contributed by atoms with Gasteiger partial charge in [0.15, 0.2) is 0 Å². The highest BCUT2D eigenvalue weighted by Gasteiger charge is 2.49. The first-order chi connectivity index (χ1) is 13.9. The molecule has 4 heteroatoms. The van der Waals surface area contributed by atoms with Crippen LogP contribution < -0.4 is 0 Å². The Morgan fingerprint density at radius 3 is 2.17 bits per heavy atom. The summed E-state index contributed by atoms with van der Waals surface area (Å²) in [6.07, 6.45) is 1.84. The first-order valence-corrected chi connectivity index (χ1v) is 10.6. The van der Waals surface area contributed by atoms with Crippen molar-refractivity contribution in [2.45, 2.75) is 50.4 Å². The van der Waals surface area contributed by atoms with E-state index in [0.717, 1.165) is 12.0 Å². The minimum atomic E-state index is -0.881. The summed E-state index contributed by atoms with van der Waals surface area (Å²) in [7, 11) is 0. The monoisotopic (exact) mass is 391 g/mol. The van der Waals surface area contributed by atoms with E-state index >= 15 is 0 Å². The van der Waals surface area contributed by atoms with Crippen LogP contribution in [0.3, 0.4) is 0 Å².